The van der Waals surface area contributed by atoms with E-state index in [1.165, 1.54) is 23.8 Å². The molecular formula is C21H20N2O5S. The summed E-state index contributed by atoms with van der Waals surface area (Å²) in [6.45, 7) is 3.54. The van der Waals surface area contributed by atoms with Crippen LogP contribution in [-0.2, 0) is 16.0 Å². The Morgan fingerprint density at radius 1 is 1.17 bits per heavy atom. The first-order valence-corrected chi connectivity index (χ1v) is 9.92. The van der Waals surface area contributed by atoms with Crippen LogP contribution in [0.5, 0.6) is 0 Å². The molecule has 0 saturated heterocycles. The van der Waals surface area contributed by atoms with Gasteiger partial charge in [0.1, 0.15) is 4.88 Å². The molecule has 150 valence electrons. The summed E-state index contributed by atoms with van der Waals surface area (Å²) in [5, 5.41) is 14.2. The Kier molecular flexibility index (Phi) is 6.23. The van der Waals surface area contributed by atoms with E-state index in [1.54, 1.807) is 6.07 Å². The van der Waals surface area contributed by atoms with Crippen molar-refractivity contribution in [2.75, 3.05) is 6.61 Å². The third kappa shape index (κ3) is 4.97. The first-order valence-electron chi connectivity index (χ1n) is 9.10. The minimum absolute atomic E-state index is 0.0458. The average molecular weight is 412 g/mol. The number of nitro groups is 1. The van der Waals surface area contributed by atoms with E-state index in [0.29, 0.717) is 5.39 Å². The van der Waals surface area contributed by atoms with Gasteiger partial charge < -0.3 is 10.1 Å². The second-order valence-corrected chi connectivity index (χ2v) is 7.63. The van der Waals surface area contributed by atoms with E-state index >= 15 is 0 Å². The number of carbonyl (C=O) groups is 2. The van der Waals surface area contributed by atoms with E-state index < -0.39 is 23.4 Å². The maximum Gasteiger partial charge on any atom is 0.348 e. The van der Waals surface area contributed by atoms with Crippen molar-refractivity contribution in [3.63, 3.8) is 0 Å². The quantitative estimate of drug-likeness (QED) is 0.352. The molecule has 1 N–H and O–H groups in total. The van der Waals surface area contributed by atoms with Crippen LogP contribution in [0.25, 0.3) is 10.1 Å². The van der Waals surface area contributed by atoms with Crippen LogP contribution in [0, 0.1) is 10.1 Å². The standard InChI is InChI=1S/C21H20N2O5S/c1-3-14-4-6-15(7-5-14)13(2)22-20(24)12-28-21(25)19-11-16-10-17(23(26)27)8-9-18(16)29-19/h4-11,13H,3,12H2,1-2H3,(H,22,24)/t13-/m1/s1. The number of hydrogen-bond donors (Lipinski definition) is 1. The van der Waals surface area contributed by atoms with Gasteiger partial charge in [-0.2, -0.15) is 0 Å². The number of rotatable bonds is 7. The molecule has 3 rings (SSSR count). The molecule has 0 aliphatic rings. The Hall–Kier alpha value is -3.26. The molecular weight excluding hydrogens is 392 g/mol. The number of thiophene rings is 1. The molecule has 1 heterocycles. The SMILES string of the molecule is CCc1ccc([C@@H](C)NC(=O)COC(=O)c2cc3cc([N+](=O)[O-])ccc3s2)cc1. The lowest BCUT2D eigenvalue weighted by molar-refractivity contribution is -0.384. The van der Waals surface area contributed by atoms with Crippen LogP contribution in [0.4, 0.5) is 5.69 Å². The summed E-state index contributed by atoms with van der Waals surface area (Å²) in [6.07, 6.45) is 0.946. The van der Waals surface area contributed by atoms with E-state index in [4.69, 9.17) is 4.74 Å². The molecule has 3 aromatic rings. The second kappa shape index (κ2) is 8.83. The van der Waals surface area contributed by atoms with Crippen LogP contribution in [0.1, 0.15) is 40.7 Å². The van der Waals surface area contributed by atoms with Gasteiger partial charge in [-0.3, -0.25) is 14.9 Å². The molecule has 29 heavy (non-hydrogen) atoms. The van der Waals surface area contributed by atoms with Crippen molar-refractivity contribution in [3.05, 3.63) is 74.6 Å². The molecule has 0 saturated carbocycles. The van der Waals surface area contributed by atoms with E-state index in [0.717, 1.165) is 28.0 Å². The minimum Gasteiger partial charge on any atom is -0.451 e. The van der Waals surface area contributed by atoms with Crippen LogP contribution >= 0.6 is 11.3 Å². The predicted octanol–water partition coefficient (Wildman–Crippen LogP) is 4.41. The van der Waals surface area contributed by atoms with Gasteiger partial charge in [0.2, 0.25) is 0 Å². The smallest absolute Gasteiger partial charge is 0.348 e. The number of hydrogen-bond acceptors (Lipinski definition) is 6. The second-order valence-electron chi connectivity index (χ2n) is 6.55. The lowest BCUT2D eigenvalue weighted by Gasteiger charge is -2.14. The molecule has 0 unspecified atom stereocenters. The van der Waals surface area contributed by atoms with Crippen molar-refractivity contribution < 1.29 is 19.2 Å². The van der Waals surface area contributed by atoms with Gasteiger partial charge in [0.05, 0.1) is 11.0 Å². The fraction of sp³-hybridized carbons (Fsp3) is 0.238. The summed E-state index contributed by atoms with van der Waals surface area (Å²) in [4.78, 5) is 35.0. The molecule has 0 radical (unpaired) electrons. The predicted molar refractivity (Wildman–Crippen MR) is 111 cm³/mol. The van der Waals surface area contributed by atoms with Crippen molar-refractivity contribution >= 4 is 39.0 Å². The molecule has 1 aromatic heterocycles. The number of non-ortho nitro benzene ring substituents is 1. The summed E-state index contributed by atoms with van der Waals surface area (Å²) in [6, 6.07) is 13.7. The third-order valence-electron chi connectivity index (χ3n) is 4.51. The van der Waals surface area contributed by atoms with Gasteiger partial charge in [-0.25, -0.2) is 4.79 Å². The number of amides is 1. The summed E-state index contributed by atoms with van der Waals surface area (Å²) in [5.41, 5.74) is 2.14. The highest BCUT2D eigenvalue weighted by molar-refractivity contribution is 7.20. The highest BCUT2D eigenvalue weighted by atomic mass is 32.1. The Morgan fingerprint density at radius 2 is 1.90 bits per heavy atom. The van der Waals surface area contributed by atoms with Crippen molar-refractivity contribution in [1.82, 2.24) is 5.32 Å². The van der Waals surface area contributed by atoms with Crippen molar-refractivity contribution in [1.29, 1.82) is 0 Å². The molecule has 0 spiro atoms. The Labute approximate surface area is 171 Å². The molecule has 0 fully saturated rings. The zero-order valence-electron chi connectivity index (χ0n) is 16.0. The fourth-order valence-corrected chi connectivity index (χ4v) is 3.79. The number of carbonyl (C=O) groups excluding carboxylic acids is 2. The third-order valence-corrected chi connectivity index (χ3v) is 5.61. The normalized spacial score (nSPS) is 11.8. The minimum atomic E-state index is -0.635. The van der Waals surface area contributed by atoms with E-state index in [9.17, 15) is 19.7 Å². The van der Waals surface area contributed by atoms with Crippen molar-refractivity contribution in [2.24, 2.45) is 0 Å². The molecule has 1 amide bonds. The molecule has 0 bridgehead atoms. The molecule has 8 heteroatoms. The number of aryl methyl sites for hydroxylation is 1. The summed E-state index contributed by atoms with van der Waals surface area (Å²) in [7, 11) is 0. The molecule has 0 aliphatic heterocycles. The lowest BCUT2D eigenvalue weighted by Crippen LogP contribution is -2.31. The Balaban J connectivity index is 1.57. The molecule has 1 atom stereocenters. The van der Waals surface area contributed by atoms with E-state index in [2.05, 4.69) is 12.2 Å². The van der Waals surface area contributed by atoms with Crippen LogP contribution in [0.2, 0.25) is 0 Å². The largest absolute Gasteiger partial charge is 0.451 e. The molecule has 2 aromatic carbocycles. The average Bonchev–Trinajstić information content (AvgIpc) is 3.15. The monoisotopic (exact) mass is 412 g/mol. The van der Waals surface area contributed by atoms with E-state index in [1.807, 2.05) is 31.2 Å². The zero-order valence-corrected chi connectivity index (χ0v) is 16.8. The highest BCUT2D eigenvalue weighted by Crippen LogP contribution is 2.29. The highest BCUT2D eigenvalue weighted by Gasteiger charge is 2.16. The zero-order chi connectivity index (χ0) is 21.0. The lowest BCUT2D eigenvalue weighted by atomic mass is 10.1. The number of ether oxygens (including phenoxy) is 1. The number of benzene rings is 2. The number of esters is 1. The van der Waals surface area contributed by atoms with Crippen LogP contribution < -0.4 is 5.32 Å². The number of nitrogens with one attached hydrogen (secondary N) is 1. The van der Waals surface area contributed by atoms with Crippen molar-refractivity contribution in [3.8, 4) is 0 Å². The Morgan fingerprint density at radius 3 is 2.55 bits per heavy atom. The first kappa shape index (κ1) is 20.5. The van der Waals surface area contributed by atoms with Gasteiger partial charge in [0, 0.05) is 22.2 Å². The van der Waals surface area contributed by atoms with Crippen molar-refractivity contribution in [2.45, 2.75) is 26.3 Å². The Bertz CT molecular complexity index is 1060. The van der Waals surface area contributed by atoms with Gasteiger partial charge >= 0.3 is 5.97 Å². The van der Waals surface area contributed by atoms with Crippen LogP contribution in [0.15, 0.2) is 48.5 Å². The summed E-state index contributed by atoms with van der Waals surface area (Å²) < 4.78 is 5.83. The van der Waals surface area contributed by atoms with Gasteiger partial charge in [0.25, 0.3) is 11.6 Å². The van der Waals surface area contributed by atoms with Crippen LogP contribution in [0.3, 0.4) is 0 Å². The topological polar surface area (TPSA) is 98.5 Å². The molecule has 7 nitrogen and oxygen atoms in total. The molecule has 0 aliphatic carbocycles. The first-order chi connectivity index (χ1) is 13.9. The fourth-order valence-electron chi connectivity index (χ4n) is 2.86. The summed E-state index contributed by atoms with van der Waals surface area (Å²) >= 11 is 1.16. The maximum absolute atomic E-state index is 12.2. The van der Waals surface area contributed by atoms with Crippen LogP contribution in [-0.4, -0.2) is 23.4 Å². The maximum atomic E-state index is 12.2. The van der Waals surface area contributed by atoms with E-state index in [-0.39, 0.29) is 16.6 Å². The number of fused-ring (bicyclic) bond motifs is 1. The number of nitro benzene ring substituents is 1. The van der Waals surface area contributed by atoms with Gasteiger partial charge in [-0.05, 0) is 36.6 Å². The van der Waals surface area contributed by atoms with Gasteiger partial charge in [-0.15, -0.1) is 11.3 Å². The van der Waals surface area contributed by atoms with Gasteiger partial charge in [-0.1, -0.05) is 31.2 Å². The van der Waals surface area contributed by atoms with Gasteiger partial charge in [0.15, 0.2) is 6.61 Å². The summed E-state index contributed by atoms with van der Waals surface area (Å²) in [5.74, 6) is -1.04. The number of nitrogens with zero attached hydrogens (tertiary/aromatic N) is 1.